The van der Waals surface area contributed by atoms with E-state index in [9.17, 15) is 9.90 Å². The summed E-state index contributed by atoms with van der Waals surface area (Å²) in [6.45, 7) is 5.39. The maximum atomic E-state index is 11.2. The van der Waals surface area contributed by atoms with Gasteiger partial charge < -0.3 is 9.84 Å². The molecule has 0 saturated heterocycles. The average Bonchev–Trinajstić information content (AvgIpc) is 2.25. The summed E-state index contributed by atoms with van der Waals surface area (Å²) in [5.74, 6) is -0.0704. The van der Waals surface area contributed by atoms with Crippen LogP contribution >= 0.6 is 15.9 Å². The number of ether oxygens (including phenoxy) is 1. The fourth-order valence-corrected chi connectivity index (χ4v) is 2.00. The zero-order valence-electron chi connectivity index (χ0n) is 10.5. The molecule has 1 rings (SSSR count). The predicted octanol–water partition coefficient (Wildman–Crippen LogP) is 3.42. The number of carbonyl (C=O) groups is 1. The van der Waals surface area contributed by atoms with E-state index in [4.69, 9.17) is 4.74 Å². The van der Waals surface area contributed by atoms with Crippen LogP contribution in [0.5, 0.6) is 5.75 Å². The van der Waals surface area contributed by atoms with Crippen LogP contribution in [0.15, 0.2) is 16.6 Å². The molecule has 0 atom stereocenters. The number of hydrogen-bond acceptors (Lipinski definition) is 2. The van der Waals surface area contributed by atoms with Crippen molar-refractivity contribution in [2.75, 3.05) is 7.11 Å². The minimum absolute atomic E-state index is 0.441. The number of hydrogen-bond donors (Lipinski definition) is 1. The minimum atomic E-state index is -0.807. The summed E-state index contributed by atoms with van der Waals surface area (Å²) in [6, 6.07) is 3.76. The molecular formula is C13H17BrO3. The molecule has 0 spiro atoms. The quantitative estimate of drug-likeness (QED) is 0.927. The van der Waals surface area contributed by atoms with Gasteiger partial charge in [0.05, 0.1) is 12.5 Å². The van der Waals surface area contributed by atoms with Crippen molar-refractivity contribution in [2.45, 2.75) is 27.2 Å². The summed E-state index contributed by atoms with van der Waals surface area (Å²) in [7, 11) is 1.60. The lowest BCUT2D eigenvalue weighted by Gasteiger charge is -2.22. The maximum absolute atomic E-state index is 11.2. The highest BCUT2D eigenvalue weighted by Crippen LogP contribution is 2.33. The molecule has 0 aromatic heterocycles. The van der Waals surface area contributed by atoms with E-state index in [1.165, 1.54) is 0 Å². The van der Waals surface area contributed by atoms with E-state index in [2.05, 4.69) is 15.9 Å². The lowest BCUT2D eigenvalue weighted by atomic mass is 9.84. The lowest BCUT2D eigenvalue weighted by Crippen LogP contribution is -2.26. The molecule has 0 heterocycles. The second kappa shape index (κ2) is 5.08. The van der Waals surface area contributed by atoms with Gasteiger partial charge in [-0.25, -0.2) is 0 Å². The summed E-state index contributed by atoms with van der Waals surface area (Å²) >= 11 is 3.45. The van der Waals surface area contributed by atoms with Crippen LogP contribution in [0, 0.1) is 12.3 Å². The highest BCUT2D eigenvalue weighted by molar-refractivity contribution is 9.10. The molecule has 0 amide bonds. The first-order chi connectivity index (χ1) is 7.79. The molecule has 0 saturated carbocycles. The Labute approximate surface area is 110 Å². The number of methoxy groups -OCH3 is 1. The third-order valence-electron chi connectivity index (χ3n) is 2.91. The minimum Gasteiger partial charge on any atom is -0.496 e. The van der Waals surface area contributed by atoms with Gasteiger partial charge in [-0.15, -0.1) is 0 Å². The number of benzene rings is 1. The van der Waals surface area contributed by atoms with Crippen molar-refractivity contribution in [1.29, 1.82) is 0 Å². The van der Waals surface area contributed by atoms with Crippen LogP contribution in [-0.4, -0.2) is 18.2 Å². The summed E-state index contributed by atoms with van der Waals surface area (Å²) in [5, 5.41) is 9.17. The number of aliphatic carboxylic acids is 1. The SMILES string of the molecule is COc1ccc(Br)c(C)c1CC(C)(C)C(=O)O. The monoisotopic (exact) mass is 300 g/mol. The Morgan fingerprint density at radius 2 is 2.06 bits per heavy atom. The largest absolute Gasteiger partial charge is 0.496 e. The summed E-state index contributed by atoms with van der Waals surface area (Å²) < 4.78 is 6.26. The summed E-state index contributed by atoms with van der Waals surface area (Å²) in [4.78, 5) is 11.2. The zero-order chi connectivity index (χ0) is 13.2. The van der Waals surface area contributed by atoms with E-state index in [1.807, 2.05) is 19.1 Å². The first kappa shape index (κ1) is 14.0. The molecule has 1 aromatic carbocycles. The summed E-state index contributed by atoms with van der Waals surface area (Å²) in [6.07, 6.45) is 0.441. The topological polar surface area (TPSA) is 46.5 Å². The van der Waals surface area contributed by atoms with Crippen LogP contribution in [0.25, 0.3) is 0 Å². The van der Waals surface area contributed by atoms with Gasteiger partial charge >= 0.3 is 5.97 Å². The van der Waals surface area contributed by atoms with E-state index in [1.54, 1.807) is 21.0 Å². The fraction of sp³-hybridized carbons (Fsp3) is 0.462. The molecule has 4 heteroatoms. The Hall–Kier alpha value is -1.03. The van der Waals surface area contributed by atoms with E-state index in [-0.39, 0.29) is 0 Å². The molecule has 1 N–H and O–H groups in total. The molecule has 1 aromatic rings. The van der Waals surface area contributed by atoms with Gasteiger partial charge in [-0.3, -0.25) is 4.79 Å². The molecule has 0 aliphatic rings. The Morgan fingerprint density at radius 3 is 2.53 bits per heavy atom. The molecular weight excluding hydrogens is 284 g/mol. The average molecular weight is 301 g/mol. The van der Waals surface area contributed by atoms with Gasteiger partial charge in [0.1, 0.15) is 5.75 Å². The third kappa shape index (κ3) is 3.00. The highest BCUT2D eigenvalue weighted by atomic mass is 79.9. The number of rotatable bonds is 4. The van der Waals surface area contributed by atoms with Crippen LogP contribution in [0.3, 0.4) is 0 Å². The van der Waals surface area contributed by atoms with Gasteiger partial charge in [0.25, 0.3) is 0 Å². The van der Waals surface area contributed by atoms with Crippen LogP contribution in [0.4, 0.5) is 0 Å². The van der Waals surface area contributed by atoms with Gasteiger partial charge in [0.15, 0.2) is 0 Å². The molecule has 0 fully saturated rings. The van der Waals surface area contributed by atoms with Gasteiger partial charge in [-0.2, -0.15) is 0 Å². The van der Waals surface area contributed by atoms with Crippen molar-refractivity contribution < 1.29 is 14.6 Å². The maximum Gasteiger partial charge on any atom is 0.309 e. The zero-order valence-corrected chi connectivity index (χ0v) is 12.1. The normalized spacial score (nSPS) is 11.4. The number of carboxylic acid groups (broad SMARTS) is 1. The fourth-order valence-electron chi connectivity index (χ4n) is 1.63. The van der Waals surface area contributed by atoms with Crippen molar-refractivity contribution in [2.24, 2.45) is 5.41 Å². The van der Waals surface area contributed by atoms with Crippen LogP contribution < -0.4 is 4.74 Å². The van der Waals surface area contributed by atoms with Crippen molar-refractivity contribution in [1.82, 2.24) is 0 Å². The number of carboxylic acids is 1. The second-order valence-corrected chi connectivity index (χ2v) is 5.57. The van der Waals surface area contributed by atoms with E-state index < -0.39 is 11.4 Å². The van der Waals surface area contributed by atoms with Crippen molar-refractivity contribution in [3.8, 4) is 5.75 Å². The van der Waals surface area contributed by atoms with Gasteiger partial charge in [-0.1, -0.05) is 15.9 Å². The standard InChI is InChI=1S/C13H17BrO3/c1-8-9(7-13(2,3)12(15)16)11(17-4)6-5-10(8)14/h5-6H,7H2,1-4H3,(H,15,16). The first-order valence-corrected chi connectivity index (χ1v) is 6.14. The van der Waals surface area contributed by atoms with Crippen molar-refractivity contribution in [3.63, 3.8) is 0 Å². The van der Waals surface area contributed by atoms with Gasteiger partial charge in [-0.05, 0) is 50.5 Å². The second-order valence-electron chi connectivity index (χ2n) is 4.72. The Bertz CT molecular complexity index is 439. The summed E-state index contributed by atoms with van der Waals surface area (Å²) in [5.41, 5.74) is 1.16. The van der Waals surface area contributed by atoms with Crippen molar-refractivity contribution >= 4 is 21.9 Å². The van der Waals surface area contributed by atoms with E-state index in [0.717, 1.165) is 21.3 Å². The molecule has 0 bridgehead atoms. The Kier molecular flexibility index (Phi) is 4.20. The van der Waals surface area contributed by atoms with Crippen LogP contribution in [0.2, 0.25) is 0 Å². The molecule has 0 aliphatic heterocycles. The molecule has 0 unspecified atom stereocenters. The number of halogens is 1. The molecule has 17 heavy (non-hydrogen) atoms. The highest BCUT2D eigenvalue weighted by Gasteiger charge is 2.29. The first-order valence-electron chi connectivity index (χ1n) is 5.35. The van der Waals surface area contributed by atoms with E-state index >= 15 is 0 Å². The molecule has 0 aliphatic carbocycles. The smallest absolute Gasteiger partial charge is 0.309 e. The third-order valence-corrected chi connectivity index (χ3v) is 3.77. The predicted molar refractivity (Wildman–Crippen MR) is 70.6 cm³/mol. The Balaban J connectivity index is 3.21. The molecule has 3 nitrogen and oxygen atoms in total. The molecule has 0 radical (unpaired) electrons. The van der Waals surface area contributed by atoms with Crippen LogP contribution in [0.1, 0.15) is 25.0 Å². The van der Waals surface area contributed by atoms with Gasteiger partial charge in [0, 0.05) is 4.47 Å². The van der Waals surface area contributed by atoms with Crippen LogP contribution in [-0.2, 0) is 11.2 Å². The Morgan fingerprint density at radius 1 is 1.47 bits per heavy atom. The lowest BCUT2D eigenvalue weighted by molar-refractivity contribution is -0.146. The van der Waals surface area contributed by atoms with Gasteiger partial charge in [0.2, 0.25) is 0 Å². The van der Waals surface area contributed by atoms with Crippen molar-refractivity contribution in [3.05, 3.63) is 27.7 Å². The molecule has 94 valence electrons. The van der Waals surface area contributed by atoms with E-state index in [0.29, 0.717) is 6.42 Å².